The van der Waals surface area contributed by atoms with Gasteiger partial charge >= 0.3 is 6.61 Å². The van der Waals surface area contributed by atoms with Crippen LogP contribution in [0.25, 0.3) is 22.2 Å². The molecule has 35 heavy (non-hydrogen) atoms. The van der Waals surface area contributed by atoms with Crippen molar-refractivity contribution in [3.63, 3.8) is 0 Å². The van der Waals surface area contributed by atoms with Gasteiger partial charge in [-0.05, 0) is 65.6 Å². The van der Waals surface area contributed by atoms with Crippen molar-refractivity contribution in [3.05, 3.63) is 77.9 Å². The van der Waals surface area contributed by atoms with E-state index in [9.17, 15) is 13.6 Å². The number of carbonyl (C=O) groups is 1. The van der Waals surface area contributed by atoms with Gasteiger partial charge in [0.1, 0.15) is 5.75 Å². The minimum absolute atomic E-state index is 0.0528. The number of methoxy groups -OCH3 is 2. The molecular weight excluding hydrogens is 454 g/mol. The Morgan fingerprint density at radius 3 is 2.46 bits per heavy atom. The van der Waals surface area contributed by atoms with E-state index in [0.29, 0.717) is 12.0 Å². The largest absolute Gasteiger partial charge is 0.497 e. The molecule has 0 bridgehead atoms. The molecule has 0 fully saturated rings. The van der Waals surface area contributed by atoms with Crippen molar-refractivity contribution in [1.82, 2.24) is 10.3 Å². The number of para-hydroxylation sites is 1. The van der Waals surface area contributed by atoms with Gasteiger partial charge in [0, 0.05) is 29.6 Å². The van der Waals surface area contributed by atoms with Crippen molar-refractivity contribution in [2.45, 2.75) is 26.0 Å². The molecule has 0 atom stereocenters. The van der Waals surface area contributed by atoms with E-state index in [4.69, 9.17) is 9.47 Å². The number of hydrogen-bond acceptors (Lipinski definition) is 4. The number of benzene rings is 3. The van der Waals surface area contributed by atoms with Crippen LogP contribution in [-0.4, -0.2) is 31.7 Å². The predicted octanol–water partition coefficient (Wildman–Crippen LogP) is 5.70. The highest BCUT2D eigenvalue weighted by Crippen LogP contribution is 2.32. The number of carbonyl (C=O) groups excluding carboxylic acids is 1. The van der Waals surface area contributed by atoms with Gasteiger partial charge in [0.25, 0.3) is 0 Å². The van der Waals surface area contributed by atoms with Gasteiger partial charge in [-0.2, -0.15) is 8.78 Å². The maximum Gasteiger partial charge on any atom is 0.387 e. The summed E-state index contributed by atoms with van der Waals surface area (Å²) in [5.41, 5.74) is 4.77. The molecule has 6 nitrogen and oxygen atoms in total. The number of nitrogens with one attached hydrogen (secondary N) is 2. The highest BCUT2D eigenvalue weighted by Gasteiger charge is 2.15. The minimum Gasteiger partial charge on any atom is -0.497 e. The standard InChI is InChI=1S/C27H26F2N2O4/c1-33-19-10-8-18(9-11-19)26-21(20-5-3-4-6-22(20)31-26)12-14-25(32)30-16-17-7-13-23(35-27(28)29)24(15-17)34-2/h3-11,13,15,27,31H,12,14,16H2,1-2H3,(H,30,32). The van der Waals surface area contributed by atoms with Crippen LogP contribution in [0.15, 0.2) is 66.7 Å². The first kappa shape index (κ1) is 24.1. The third-order valence-electron chi connectivity index (χ3n) is 5.73. The summed E-state index contributed by atoms with van der Waals surface area (Å²) in [5.74, 6) is 0.780. The third kappa shape index (κ3) is 5.71. The van der Waals surface area contributed by atoms with Gasteiger partial charge in [-0.25, -0.2) is 0 Å². The molecule has 182 valence electrons. The van der Waals surface area contributed by atoms with E-state index in [2.05, 4.69) is 15.0 Å². The number of hydrogen-bond donors (Lipinski definition) is 2. The minimum atomic E-state index is -2.94. The van der Waals surface area contributed by atoms with Gasteiger partial charge in [-0.1, -0.05) is 24.3 Å². The van der Waals surface area contributed by atoms with Gasteiger partial charge in [0.05, 0.1) is 14.2 Å². The summed E-state index contributed by atoms with van der Waals surface area (Å²) in [7, 11) is 3.00. The average Bonchev–Trinajstić information content (AvgIpc) is 3.25. The highest BCUT2D eigenvalue weighted by molar-refractivity contribution is 5.91. The Morgan fingerprint density at radius 2 is 1.74 bits per heavy atom. The lowest BCUT2D eigenvalue weighted by molar-refractivity contribution is -0.121. The molecule has 4 rings (SSSR count). The van der Waals surface area contributed by atoms with Gasteiger partial charge in [-0.3, -0.25) is 4.79 Å². The molecule has 0 aliphatic rings. The lowest BCUT2D eigenvalue weighted by Gasteiger charge is -2.12. The molecule has 0 aliphatic carbocycles. The number of amides is 1. The molecule has 0 saturated heterocycles. The maximum absolute atomic E-state index is 12.7. The van der Waals surface area contributed by atoms with E-state index < -0.39 is 6.61 Å². The van der Waals surface area contributed by atoms with Crippen LogP contribution in [0.3, 0.4) is 0 Å². The van der Waals surface area contributed by atoms with Crippen molar-refractivity contribution in [2.24, 2.45) is 0 Å². The first-order valence-corrected chi connectivity index (χ1v) is 11.1. The van der Waals surface area contributed by atoms with E-state index in [1.807, 2.05) is 48.5 Å². The molecule has 2 N–H and O–H groups in total. The third-order valence-corrected chi connectivity index (χ3v) is 5.73. The van der Waals surface area contributed by atoms with Gasteiger partial charge in [0.2, 0.25) is 5.91 Å². The smallest absolute Gasteiger partial charge is 0.387 e. The van der Waals surface area contributed by atoms with Crippen LogP contribution < -0.4 is 19.5 Å². The quantitative estimate of drug-likeness (QED) is 0.305. The molecule has 0 spiro atoms. The summed E-state index contributed by atoms with van der Waals surface area (Å²) in [5, 5.41) is 3.96. The van der Waals surface area contributed by atoms with Crippen LogP contribution in [0, 0.1) is 0 Å². The van der Waals surface area contributed by atoms with Crippen LogP contribution >= 0.6 is 0 Å². The summed E-state index contributed by atoms with van der Waals surface area (Å²) >= 11 is 0. The van der Waals surface area contributed by atoms with Crippen molar-refractivity contribution in [3.8, 4) is 28.5 Å². The van der Waals surface area contributed by atoms with E-state index in [-0.39, 0.29) is 30.4 Å². The second-order valence-corrected chi connectivity index (χ2v) is 7.89. The molecule has 1 amide bonds. The Morgan fingerprint density at radius 1 is 0.971 bits per heavy atom. The molecule has 4 aromatic rings. The number of H-pyrrole nitrogens is 1. The molecule has 0 aliphatic heterocycles. The molecule has 3 aromatic carbocycles. The molecule has 0 unspecified atom stereocenters. The van der Waals surface area contributed by atoms with Gasteiger partial charge in [0.15, 0.2) is 11.5 Å². The van der Waals surface area contributed by atoms with Crippen LogP contribution in [0.4, 0.5) is 8.78 Å². The molecule has 1 heterocycles. The summed E-state index contributed by atoms with van der Waals surface area (Å²) in [6.45, 7) is -2.70. The fourth-order valence-electron chi connectivity index (χ4n) is 4.01. The summed E-state index contributed by atoms with van der Waals surface area (Å²) in [6, 6.07) is 20.4. The molecule has 0 radical (unpaired) electrons. The lowest BCUT2D eigenvalue weighted by atomic mass is 10.0. The predicted molar refractivity (Wildman–Crippen MR) is 130 cm³/mol. The number of fused-ring (bicyclic) bond motifs is 1. The first-order chi connectivity index (χ1) is 17.0. The second kappa shape index (κ2) is 10.9. The number of rotatable bonds is 10. The average molecular weight is 481 g/mol. The topological polar surface area (TPSA) is 72.6 Å². The number of aromatic amines is 1. The monoisotopic (exact) mass is 480 g/mol. The zero-order valence-electron chi connectivity index (χ0n) is 19.4. The summed E-state index contributed by atoms with van der Waals surface area (Å²) in [4.78, 5) is 16.1. The Balaban J connectivity index is 1.45. The Labute approximate surface area is 201 Å². The van der Waals surface area contributed by atoms with E-state index in [1.165, 1.54) is 13.2 Å². The van der Waals surface area contributed by atoms with Crippen molar-refractivity contribution in [2.75, 3.05) is 14.2 Å². The molecule has 0 saturated carbocycles. The van der Waals surface area contributed by atoms with Crippen molar-refractivity contribution in [1.29, 1.82) is 0 Å². The molecule has 8 heteroatoms. The van der Waals surface area contributed by atoms with Crippen molar-refractivity contribution < 1.29 is 27.8 Å². The summed E-state index contributed by atoms with van der Waals surface area (Å²) < 4.78 is 39.9. The second-order valence-electron chi connectivity index (χ2n) is 7.89. The SMILES string of the molecule is COc1ccc(-c2[nH]c3ccccc3c2CCC(=O)NCc2ccc(OC(F)F)c(OC)c2)cc1. The Bertz CT molecular complexity index is 1300. The van der Waals surface area contributed by atoms with Crippen molar-refractivity contribution >= 4 is 16.8 Å². The molecule has 1 aromatic heterocycles. The van der Waals surface area contributed by atoms with Crippen LogP contribution in [0.2, 0.25) is 0 Å². The molecular formula is C27H26F2N2O4. The van der Waals surface area contributed by atoms with Crippen LogP contribution in [0.1, 0.15) is 17.5 Å². The fraction of sp³-hybridized carbons (Fsp3) is 0.222. The van der Waals surface area contributed by atoms with Gasteiger partial charge in [-0.15, -0.1) is 0 Å². The van der Waals surface area contributed by atoms with Gasteiger partial charge < -0.3 is 24.5 Å². The highest BCUT2D eigenvalue weighted by atomic mass is 19.3. The maximum atomic E-state index is 12.7. The number of aryl methyl sites for hydroxylation is 1. The number of ether oxygens (including phenoxy) is 3. The fourth-order valence-corrected chi connectivity index (χ4v) is 4.01. The first-order valence-electron chi connectivity index (χ1n) is 11.1. The van der Waals surface area contributed by atoms with Crippen LogP contribution in [0.5, 0.6) is 17.2 Å². The zero-order valence-corrected chi connectivity index (χ0v) is 19.4. The lowest BCUT2D eigenvalue weighted by Crippen LogP contribution is -2.23. The number of halogens is 2. The van der Waals surface area contributed by atoms with E-state index in [1.54, 1.807) is 19.2 Å². The van der Waals surface area contributed by atoms with E-state index in [0.717, 1.165) is 33.5 Å². The number of aromatic nitrogens is 1. The summed E-state index contributed by atoms with van der Waals surface area (Å²) in [6.07, 6.45) is 0.830. The zero-order chi connectivity index (χ0) is 24.8. The number of alkyl halides is 2. The normalized spacial score (nSPS) is 11.0. The van der Waals surface area contributed by atoms with E-state index >= 15 is 0 Å². The Hall–Kier alpha value is -4.07. The van der Waals surface area contributed by atoms with Crippen LogP contribution in [-0.2, 0) is 17.8 Å². The Kier molecular flexibility index (Phi) is 7.50.